The second kappa shape index (κ2) is 5.00. The Balaban J connectivity index is 1.66. The van der Waals surface area contributed by atoms with Gasteiger partial charge in [-0.25, -0.2) is 9.67 Å². The Morgan fingerprint density at radius 3 is 3.00 bits per heavy atom. The third-order valence-corrected chi connectivity index (χ3v) is 4.35. The summed E-state index contributed by atoms with van der Waals surface area (Å²) in [5, 5.41) is 4.69. The Kier molecular flexibility index (Phi) is 3.37. The van der Waals surface area contributed by atoms with Crippen molar-refractivity contribution >= 4 is 0 Å². The molecule has 0 aliphatic carbocycles. The standard InChI is InChI=1S/C14H24N4/c1-11-5-7-18-14(8-11)15-13(16-18)9-12-4-3-6-17(2)10-12/h11-12H,3-10H2,1-2H3. The van der Waals surface area contributed by atoms with Gasteiger partial charge in [-0.1, -0.05) is 6.92 Å². The van der Waals surface area contributed by atoms with Crippen LogP contribution in [0.3, 0.4) is 0 Å². The molecule has 4 heteroatoms. The van der Waals surface area contributed by atoms with Gasteiger partial charge in [0.2, 0.25) is 0 Å². The molecule has 2 atom stereocenters. The second-order valence-corrected chi connectivity index (χ2v) is 6.24. The zero-order valence-corrected chi connectivity index (χ0v) is 11.6. The topological polar surface area (TPSA) is 34.0 Å². The molecule has 2 aliphatic heterocycles. The predicted molar refractivity (Wildman–Crippen MR) is 71.4 cm³/mol. The summed E-state index contributed by atoms with van der Waals surface area (Å²) in [6.07, 6.45) is 6.09. The summed E-state index contributed by atoms with van der Waals surface area (Å²) in [7, 11) is 2.22. The normalized spacial score (nSPS) is 29.2. The maximum absolute atomic E-state index is 4.75. The van der Waals surface area contributed by atoms with Gasteiger partial charge in [0, 0.05) is 25.9 Å². The van der Waals surface area contributed by atoms with Crippen molar-refractivity contribution in [3.63, 3.8) is 0 Å². The van der Waals surface area contributed by atoms with Crippen molar-refractivity contribution in [1.82, 2.24) is 19.7 Å². The Bertz CT molecular complexity index is 412. The maximum Gasteiger partial charge on any atom is 0.151 e. The first-order valence-electron chi connectivity index (χ1n) is 7.32. The Labute approximate surface area is 109 Å². The lowest BCUT2D eigenvalue weighted by Crippen LogP contribution is -2.33. The van der Waals surface area contributed by atoms with Crippen LogP contribution in [0.1, 0.15) is 37.8 Å². The molecule has 18 heavy (non-hydrogen) atoms. The van der Waals surface area contributed by atoms with E-state index in [1.807, 2.05) is 0 Å². The van der Waals surface area contributed by atoms with Gasteiger partial charge in [-0.05, 0) is 44.7 Å². The molecule has 0 saturated carbocycles. The molecule has 3 rings (SSSR count). The van der Waals surface area contributed by atoms with Crippen molar-refractivity contribution in [3.8, 4) is 0 Å². The fourth-order valence-electron chi connectivity index (χ4n) is 3.30. The number of likely N-dealkylation sites (tertiary alicyclic amines) is 1. The highest BCUT2D eigenvalue weighted by Crippen LogP contribution is 2.21. The summed E-state index contributed by atoms with van der Waals surface area (Å²) in [5.41, 5.74) is 0. The second-order valence-electron chi connectivity index (χ2n) is 6.24. The minimum Gasteiger partial charge on any atom is -0.306 e. The average Bonchev–Trinajstić information content (AvgIpc) is 2.70. The van der Waals surface area contributed by atoms with Crippen LogP contribution in [-0.4, -0.2) is 39.8 Å². The van der Waals surface area contributed by atoms with Crippen molar-refractivity contribution in [2.45, 2.75) is 45.6 Å². The third-order valence-electron chi connectivity index (χ3n) is 4.35. The molecule has 3 heterocycles. The fraction of sp³-hybridized carbons (Fsp3) is 0.857. The number of aryl methyl sites for hydroxylation is 1. The van der Waals surface area contributed by atoms with Crippen LogP contribution in [-0.2, 0) is 19.4 Å². The van der Waals surface area contributed by atoms with Crippen molar-refractivity contribution in [1.29, 1.82) is 0 Å². The largest absolute Gasteiger partial charge is 0.306 e. The van der Waals surface area contributed by atoms with Crippen LogP contribution in [0.15, 0.2) is 0 Å². The monoisotopic (exact) mass is 248 g/mol. The van der Waals surface area contributed by atoms with E-state index < -0.39 is 0 Å². The van der Waals surface area contributed by atoms with Gasteiger partial charge >= 0.3 is 0 Å². The van der Waals surface area contributed by atoms with Gasteiger partial charge in [0.05, 0.1) is 0 Å². The van der Waals surface area contributed by atoms with E-state index >= 15 is 0 Å². The third kappa shape index (κ3) is 2.58. The molecule has 100 valence electrons. The Hall–Kier alpha value is -0.900. The number of hydrogen-bond acceptors (Lipinski definition) is 3. The Morgan fingerprint density at radius 2 is 2.17 bits per heavy atom. The lowest BCUT2D eigenvalue weighted by atomic mass is 9.95. The van der Waals surface area contributed by atoms with Gasteiger partial charge in [0.15, 0.2) is 5.82 Å². The van der Waals surface area contributed by atoms with Gasteiger partial charge in [-0.15, -0.1) is 0 Å². The number of hydrogen-bond donors (Lipinski definition) is 0. The maximum atomic E-state index is 4.75. The van der Waals surface area contributed by atoms with Gasteiger partial charge in [-0.3, -0.25) is 0 Å². The highest BCUT2D eigenvalue weighted by Gasteiger charge is 2.22. The smallest absolute Gasteiger partial charge is 0.151 e. The van der Waals surface area contributed by atoms with E-state index in [9.17, 15) is 0 Å². The van der Waals surface area contributed by atoms with E-state index in [0.29, 0.717) is 0 Å². The van der Waals surface area contributed by atoms with Crippen molar-refractivity contribution < 1.29 is 0 Å². The summed E-state index contributed by atoms with van der Waals surface area (Å²) < 4.78 is 2.14. The molecule has 2 aliphatic rings. The van der Waals surface area contributed by atoms with E-state index in [2.05, 4.69) is 23.6 Å². The van der Waals surface area contributed by atoms with Crippen LogP contribution >= 0.6 is 0 Å². The number of rotatable bonds is 2. The van der Waals surface area contributed by atoms with Gasteiger partial charge in [0.25, 0.3) is 0 Å². The average molecular weight is 248 g/mol. The van der Waals surface area contributed by atoms with Crippen molar-refractivity contribution in [2.24, 2.45) is 11.8 Å². The van der Waals surface area contributed by atoms with Crippen molar-refractivity contribution in [3.05, 3.63) is 11.6 Å². The van der Waals surface area contributed by atoms with Crippen LogP contribution in [0.5, 0.6) is 0 Å². The fourth-order valence-corrected chi connectivity index (χ4v) is 3.30. The van der Waals surface area contributed by atoms with Crippen LogP contribution in [0, 0.1) is 11.8 Å². The molecule has 1 saturated heterocycles. The minimum absolute atomic E-state index is 0.755. The van der Waals surface area contributed by atoms with Crippen LogP contribution in [0.4, 0.5) is 0 Å². The van der Waals surface area contributed by atoms with E-state index in [4.69, 9.17) is 10.1 Å². The highest BCUT2D eigenvalue weighted by molar-refractivity contribution is 4.98. The van der Waals surface area contributed by atoms with Crippen LogP contribution < -0.4 is 0 Å². The van der Waals surface area contributed by atoms with E-state index in [-0.39, 0.29) is 0 Å². The zero-order chi connectivity index (χ0) is 12.5. The molecule has 0 radical (unpaired) electrons. The quantitative estimate of drug-likeness (QED) is 0.799. The summed E-state index contributed by atoms with van der Waals surface area (Å²) in [5.74, 6) is 3.83. The van der Waals surface area contributed by atoms with E-state index in [1.54, 1.807) is 0 Å². The first kappa shape index (κ1) is 12.2. The van der Waals surface area contributed by atoms with E-state index in [1.165, 1.54) is 38.2 Å². The first-order chi connectivity index (χ1) is 8.70. The molecule has 1 fully saturated rings. The molecular formula is C14H24N4. The molecule has 0 spiro atoms. The molecule has 0 bridgehead atoms. The molecule has 1 aromatic heterocycles. The lowest BCUT2D eigenvalue weighted by molar-refractivity contribution is 0.207. The summed E-state index contributed by atoms with van der Waals surface area (Å²) in [4.78, 5) is 7.19. The van der Waals surface area contributed by atoms with Gasteiger partial charge in [0.1, 0.15) is 5.82 Å². The number of aromatic nitrogens is 3. The Morgan fingerprint density at radius 1 is 1.28 bits per heavy atom. The highest BCUT2D eigenvalue weighted by atomic mass is 15.3. The van der Waals surface area contributed by atoms with Gasteiger partial charge < -0.3 is 4.90 Å². The molecule has 4 nitrogen and oxygen atoms in total. The molecule has 0 amide bonds. The van der Waals surface area contributed by atoms with Crippen molar-refractivity contribution in [2.75, 3.05) is 20.1 Å². The van der Waals surface area contributed by atoms with Gasteiger partial charge in [-0.2, -0.15) is 5.10 Å². The SMILES string of the molecule is CC1CCn2nc(CC3CCCN(C)C3)nc2C1. The molecule has 2 unspecified atom stereocenters. The zero-order valence-electron chi connectivity index (χ0n) is 11.6. The molecule has 1 aromatic rings. The lowest BCUT2D eigenvalue weighted by Gasteiger charge is -2.28. The molecule has 0 aromatic carbocycles. The number of piperidine rings is 1. The van der Waals surface area contributed by atoms with Crippen LogP contribution in [0.2, 0.25) is 0 Å². The molecular weight excluding hydrogens is 224 g/mol. The number of nitrogens with zero attached hydrogens (tertiary/aromatic N) is 4. The summed E-state index contributed by atoms with van der Waals surface area (Å²) >= 11 is 0. The van der Waals surface area contributed by atoms with E-state index in [0.717, 1.165) is 37.0 Å². The summed E-state index contributed by atoms with van der Waals surface area (Å²) in [6.45, 7) is 5.84. The molecule has 0 N–H and O–H groups in total. The summed E-state index contributed by atoms with van der Waals surface area (Å²) in [6, 6.07) is 0. The number of fused-ring (bicyclic) bond motifs is 1. The minimum atomic E-state index is 0.755. The predicted octanol–water partition coefficient (Wildman–Crippen LogP) is 1.74. The van der Waals surface area contributed by atoms with Crippen LogP contribution in [0.25, 0.3) is 0 Å². The first-order valence-corrected chi connectivity index (χ1v) is 7.32.